The fraction of sp³-hybridized carbons (Fsp3) is 0.500. The van der Waals surface area contributed by atoms with Crippen LogP contribution in [0.25, 0.3) is 11.0 Å². The van der Waals surface area contributed by atoms with Crippen LogP contribution in [0.5, 0.6) is 0 Å². The number of carbonyl (C=O) groups is 5. The van der Waals surface area contributed by atoms with E-state index in [2.05, 4.69) is 31.9 Å². The van der Waals surface area contributed by atoms with Crippen LogP contribution in [0.4, 0.5) is 16.2 Å². The highest BCUT2D eigenvalue weighted by Gasteiger charge is 2.42. The predicted molar refractivity (Wildman–Crippen MR) is 207 cm³/mol. The third-order valence-electron chi connectivity index (χ3n) is 10.0. The van der Waals surface area contributed by atoms with Crippen LogP contribution in [0, 0.1) is 0 Å². The molecule has 3 aliphatic rings. The number of ketones is 2. The quantitative estimate of drug-likeness (QED) is 0.0372. The van der Waals surface area contributed by atoms with Crippen molar-refractivity contribution in [3.8, 4) is 0 Å². The van der Waals surface area contributed by atoms with Crippen molar-refractivity contribution in [1.29, 1.82) is 0 Å². The minimum atomic E-state index is -0.407. The fourth-order valence-electron chi connectivity index (χ4n) is 7.38. The first-order chi connectivity index (χ1) is 25.8. The molecule has 0 radical (unpaired) electrons. The topological polar surface area (TPSA) is 223 Å². The van der Waals surface area contributed by atoms with Crippen molar-refractivity contribution >= 4 is 63.5 Å². The maximum Gasteiger partial charge on any atom is 0.315 e. The average Bonchev–Trinajstić information content (AvgIpc) is 3.87. The molecule has 0 saturated carbocycles. The lowest BCUT2D eigenvalue weighted by Crippen LogP contribution is -2.36. The second-order valence-electron chi connectivity index (χ2n) is 13.7. The molecule has 284 valence electrons. The summed E-state index contributed by atoms with van der Waals surface area (Å²) in [5, 5.41) is 19.3. The molecule has 2 saturated heterocycles. The van der Waals surface area contributed by atoms with Crippen LogP contribution in [0.1, 0.15) is 100 Å². The van der Waals surface area contributed by atoms with Gasteiger partial charge in [0.05, 0.1) is 34.6 Å². The highest BCUT2D eigenvalue weighted by atomic mass is 32.2. The SMILES string of the molecule is NCCNc1c2c(c(NCCN)c3oc(C(=O)NCCCCCCNC(=O)CCCCC[C@@H]4SC[C@@H]5NC(=O)N[C@@H]54)cc13)C(=O)c1ccccc1C2=O. The minimum Gasteiger partial charge on any atom is -0.449 e. The number of urea groups is 1. The van der Waals surface area contributed by atoms with Gasteiger partial charge in [-0.25, -0.2) is 4.79 Å². The van der Waals surface area contributed by atoms with Crippen LogP contribution in [-0.4, -0.2) is 91.8 Å². The molecule has 0 bridgehead atoms. The molecule has 0 unspecified atom stereocenters. The molecule has 1 aliphatic carbocycles. The average molecular weight is 747 g/mol. The summed E-state index contributed by atoms with van der Waals surface area (Å²) in [6, 6.07) is 8.72. The van der Waals surface area contributed by atoms with E-state index in [1.807, 2.05) is 11.8 Å². The van der Waals surface area contributed by atoms with Crippen LogP contribution < -0.4 is 43.4 Å². The lowest BCUT2D eigenvalue weighted by molar-refractivity contribution is -0.121. The van der Waals surface area contributed by atoms with Crippen molar-refractivity contribution in [1.82, 2.24) is 21.3 Å². The molecular weight excluding hydrogens is 697 g/mol. The summed E-state index contributed by atoms with van der Waals surface area (Å²) >= 11 is 1.92. The summed E-state index contributed by atoms with van der Waals surface area (Å²) in [6.07, 6.45) is 7.88. The van der Waals surface area contributed by atoms with E-state index in [0.717, 1.165) is 57.1 Å². The van der Waals surface area contributed by atoms with Crippen LogP contribution in [0.3, 0.4) is 0 Å². The van der Waals surface area contributed by atoms with Gasteiger partial charge in [-0.3, -0.25) is 19.2 Å². The molecule has 2 aromatic carbocycles. The molecule has 15 heteroatoms. The van der Waals surface area contributed by atoms with Gasteiger partial charge in [-0.15, -0.1) is 0 Å². The molecule has 10 N–H and O–H groups in total. The van der Waals surface area contributed by atoms with Crippen molar-refractivity contribution in [2.75, 3.05) is 55.7 Å². The zero-order valence-corrected chi connectivity index (χ0v) is 30.8. The van der Waals surface area contributed by atoms with Crippen LogP contribution in [-0.2, 0) is 4.79 Å². The number of hydrogen-bond donors (Lipinski definition) is 8. The number of rotatable bonds is 20. The van der Waals surface area contributed by atoms with Crippen LogP contribution >= 0.6 is 11.8 Å². The molecule has 0 spiro atoms. The summed E-state index contributed by atoms with van der Waals surface area (Å²) in [5.74, 6) is 0.0633. The maximum absolute atomic E-state index is 13.9. The number of anilines is 2. The first-order valence-corrected chi connectivity index (χ1v) is 19.8. The third-order valence-corrected chi connectivity index (χ3v) is 11.5. The molecule has 3 aromatic rings. The standard InChI is InChI=1S/C38H50N8O6S/c39-14-18-42-31-24-20-26(52-36(24)33(43-19-15-40)30-29(31)34(48)22-10-6-7-11-23(22)35(30)49)37(50)44-17-9-2-1-8-16-41-28(47)13-5-3-4-12-27-32-25(21-53-27)45-38(51)46-32/h6-7,10-11,20,25,27,32,42-43H,1-5,8-9,12-19,21,39-40H2,(H,41,47)(H,44,50)(H2,45,46,51)/t25-,27-,32-/m0/s1. The highest BCUT2D eigenvalue weighted by molar-refractivity contribution is 8.00. The summed E-state index contributed by atoms with van der Waals surface area (Å²) in [6.45, 7) is 2.26. The van der Waals surface area contributed by atoms with E-state index in [0.29, 0.717) is 65.7 Å². The molecular formula is C38H50N8O6S. The fourth-order valence-corrected chi connectivity index (χ4v) is 8.92. The molecule has 2 fully saturated rings. The summed E-state index contributed by atoms with van der Waals surface area (Å²) in [5.41, 5.74) is 13.6. The second kappa shape index (κ2) is 18.0. The monoisotopic (exact) mass is 746 g/mol. The minimum absolute atomic E-state index is 0.0553. The van der Waals surface area contributed by atoms with Gasteiger partial charge in [-0.1, -0.05) is 49.9 Å². The number of carbonyl (C=O) groups excluding carboxylic acids is 5. The van der Waals surface area contributed by atoms with E-state index < -0.39 is 5.91 Å². The van der Waals surface area contributed by atoms with Gasteiger partial charge >= 0.3 is 6.03 Å². The Morgan fingerprint density at radius 3 is 2.13 bits per heavy atom. The predicted octanol–water partition coefficient (Wildman–Crippen LogP) is 3.47. The van der Waals surface area contributed by atoms with Gasteiger partial charge in [0.25, 0.3) is 5.91 Å². The second-order valence-corrected chi connectivity index (χ2v) is 15.0. The van der Waals surface area contributed by atoms with Gasteiger partial charge in [0, 0.05) is 73.2 Å². The Balaban J connectivity index is 0.956. The Kier molecular flexibility index (Phi) is 12.9. The Morgan fingerprint density at radius 1 is 0.792 bits per heavy atom. The van der Waals surface area contributed by atoms with E-state index in [-0.39, 0.29) is 71.1 Å². The van der Waals surface area contributed by atoms with Crippen LogP contribution in [0.2, 0.25) is 0 Å². The number of unbranched alkanes of at least 4 members (excludes halogenated alkanes) is 5. The number of thioether (sulfide) groups is 1. The Morgan fingerprint density at radius 2 is 1.43 bits per heavy atom. The van der Waals surface area contributed by atoms with E-state index in [1.54, 1.807) is 30.3 Å². The van der Waals surface area contributed by atoms with Crippen molar-refractivity contribution in [3.05, 3.63) is 58.3 Å². The Hall–Kier alpha value is -4.60. The number of fused-ring (bicyclic) bond motifs is 4. The Bertz CT molecular complexity index is 1760. The number of furan rings is 1. The van der Waals surface area contributed by atoms with E-state index in [4.69, 9.17) is 15.9 Å². The van der Waals surface area contributed by atoms with E-state index >= 15 is 0 Å². The highest BCUT2D eigenvalue weighted by Crippen LogP contribution is 2.44. The third kappa shape index (κ3) is 8.63. The number of amides is 4. The first-order valence-electron chi connectivity index (χ1n) is 18.8. The lowest BCUT2D eigenvalue weighted by Gasteiger charge is -2.24. The van der Waals surface area contributed by atoms with Gasteiger partial charge in [-0.05, 0) is 31.7 Å². The molecule has 6 rings (SSSR count). The van der Waals surface area contributed by atoms with E-state index in [1.165, 1.54) is 0 Å². The zero-order chi connectivity index (χ0) is 37.3. The number of hydrogen-bond acceptors (Lipinski definition) is 11. The smallest absolute Gasteiger partial charge is 0.315 e. The molecule has 1 aromatic heterocycles. The molecule has 2 aliphatic heterocycles. The lowest BCUT2D eigenvalue weighted by atomic mass is 9.81. The van der Waals surface area contributed by atoms with Crippen molar-refractivity contribution in [3.63, 3.8) is 0 Å². The number of nitrogens with one attached hydrogen (secondary N) is 6. The van der Waals surface area contributed by atoms with Crippen LogP contribution in [0.15, 0.2) is 34.7 Å². The summed E-state index contributed by atoms with van der Waals surface area (Å²) in [4.78, 5) is 64.8. The molecule has 14 nitrogen and oxygen atoms in total. The van der Waals surface area contributed by atoms with Crippen molar-refractivity contribution in [2.45, 2.75) is 75.1 Å². The van der Waals surface area contributed by atoms with Gasteiger partial charge < -0.3 is 47.8 Å². The molecule has 53 heavy (non-hydrogen) atoms. The van der Waals surface area contributed by atoms with Gasteiger partial charge in [-0.2, -0.15) is 11.8 Å². The normalized spacial score (nSPS) is 18.6. The molecule has 4 amide bonds. The van der Waals surface area contributed by atoms with Gasteiger partial charge in [0.1, 0.15) is 0 Å². The van der Waals surface area contributed by atoms with E-state index in [9.17, 15) is 24.0 Å². The van der Waals surface area contributed by atoms with Crippen molar-refractivity contribution in [2.24, 2.45) is 11.5 Å². The molecule has 3 atom stereocenters. The summed E-state index contributed by atoms with van der Waals surface area (Å²) < 4.78 is 6.12. The number of nitrogens with two attached hydrogens (primary N) is 2. The van der Waals surface area contributed by atoms with Gasteiger partial charge in [0.2, 0.25) is 5.91 Å². The summed E-state index contributed by atoms with van der Waals surface area (Å²) in [7, 11) is 0. The first kappa shape index (κ1) is 38.1. The van der Waals surface area contributed by atoms with Crippen molar-refractivity contribution < 1.29 is 28.4 Å². The number of benzene rings is 2. The largest absolute Gasteiger partial charge is 0.449 e. The zero-order valence-electron chi connectivity index (χ0n) is 29.9. The van der Waals surface area contributed by atoms with Gasteiger partial charge in [0.15, 0.2) is 22.9 Å². The maximum atomic E-state index is 13.9. The Labute approximate surface area is 313 Å². The molecule has 3 heterocycles.